The van der Waals surface area contributed by atoms with Crippen molar-refractivity contribution < 1.29 is 22.7 Å². The number of nitrogens with one attached hydrogen (secondary N) is 2. The lowest BCUT2D eigenvalue weighted by Gasteiger charge is -2.10. The number of sulfonamides is 1. The SMILES string of the molecule is COC(=O)c1sccc1NC(=O)c1ccc(S(=O)(=O)NC(C)C)cc1. The fourth-order valence-electron chi connectivity index (χ4n) is 2.02. The summed E-state index contributed by atoms with van der Waals surface area (Å²) in [5.41, 5.74) is 0.616. The zero-order valence-electron chi connectivity index (χ0n) is 13.9. The third-order valence-corrected chi connectivity index (χ3v) is 5.67. The average molecular weight is 382 g/mol. The molecule has 2 aromatic rings. The van der Waals surface area contributed by atoms with Crippen LogP contribution in [0, 0.1) is 0 Å². The minimum absolute atomic E-state index is 0.0727. The highest BCUT2D eigenvalue weighted by molar-refractivity contribution is 7.89. The molecular weight excluding hydrogens is 364 g/mol. The molecule has 2 rings (SSSR count). The summed E-state index contributed by atoms with van der Waals surface area (Å²) in [7, 11) is -2.35. The van der Waals surface area contributed by atoms with Crippen molar-refractivity contribution in [2.45, 2.75) is 24.8 Å². The van der Waals surface area contributed by atoms with Crippen LogP contribution in [0.5, 0.6) is 0 Å². The Morgan fingerprint density at radius 2 is 1.76 bits per heavy atom. The number of anilines is 1. The zero-order chi connectivity index (χ0) is 18.6. The molecule has 2 N–H and O–H groups in total. The summed E-state index contributed by atoms with van der Waals surface area (Å²) in [6.07, 6.45) is 0. The highest BCUT2D eigenvalue weighted by atomic mass is 32.2. The highest BCUT2D eigenvalue weighted by Crippen LogP contribution is 2.24. The standard InChI is InChI=1S/C16H18N2O5S2/c1-10(2)18-25(21,22)12-6-4-11(5-7-12)15(19)17-13-8-9-24-14(13)16(20)23-3/h4-10,18H,1-3H3,(H,17,19). The molecule has 134 valence electrons. The second-order valence-electron chi connectivity index (χ2n) is 5.41. The van der Waals surface area contributed by atoms with Gasteiger partial charge in [0.15, 0.2) is 0 Å². The second-order valence-corrected chi connectivity index (χ2v) is 8.04. The van der Waals surface area contributed by atoms with Crippen LogP contribution in [0.15, 0.2) is 40.6 Å². The first-order valence-corrected chi connectivity index (χ1v) is 9.70. The first-order chi connectivity index (χ1) is 11.7. The van der Waals surface area contributed by atoms with Gasteiger partial charge in [0.1, 0.15) is 4.88 Å². The lowest BCUT2D eigenvalue weighted by Crippen LogP contribution is -2.30. The Morgan fingerprint density at radius 3 is 2.32 bits per heavy atom. The molecule has 0 spiro atoms. The molecule has 0 aliphatic heterocycles. The van der Waals surface area contributed by atoms with E-state index in [1.807, 2.05) is 0 Å². The van der Waals surface area contributed by atoms with E-state index in [1.165, 1.54) is 31.4 Å². The molecule has 1 amide bonds. The fraction of sp³-hybridized carbons (Fsp3) is 0.250. The molecule has 9 heteroatoms. The maximum Gasteiger partial charge on any atom is 0.350 e. The summed E-state index contributed by atoms with van der Waals surface area (Å²) in [6.45, 7) is 3.44. The van der Waals surface area contributed by atoms with E-state index in [0.717, 1.165) is 11.3 Å². The lowest BCUT2D eigenvalue weighted by molar-refractivity contribution is 0.0607. The number of amides is 1. The fourth-order valence-corrected chi connectivity index (χ4v) is 4.03. The van der Waals surface area contributed by atoms with E-state index in [-0.39, 0.29) is 21.4 Å². The Labute approximate surface area is 150 Å². The minimum Gasteiger partial charge on any atom is -0.465 e. The van der Waals surface area contributed by atoms with Crippen molar-refractivity contribution >= 4 is 38.9 Å². The van der Waals surface area contributed by atoms with Gasteiger partial charge in [0.2, 0.25) is 10.0 Å². The van der Waals surface area contributed by atoms with Gasteiger partial charge in [-0.2, -0.15) is 0 Å². The number of methoxy groups -OCH3 is 1. The zero-order valence-corrected chi connectivity index (χ0v) is 15.5. The van der Waals surface area contributed by atoms with Crippen molar-refractivity contribution in [2.75, 3.05) is 12.4 Å². The van der Waals surface area contributed by atoms with Gasteiger partial charge >= 0.3 is 5.97 Å². The Morgan fingerprint density at radius 1 is 1.12 bits per heavy atom. The van der Waals surface area contributed by atoms with Gasteiger partial charge in [0.05, 0.1) is 17.7 Å². The number of ether oxygens (including phenoxy) is 1. The van der Waals surface area contributed by atoms with Gasteiger partial charge in [0, 0.05) is 11.6 Å². The Kier molecular flexibility index (Phi) is 5.93. The largest absolute Gasteiger partial charge is 0.465 e. The van der Waals surface area contributed by atoms with E-state index >= 15 is 0 Å². The van der Waals surface area contributed by atoms with Crippen LogP contribution in [-0.4, -0.2) is 33.4 Å². The van der Waals surface area contributed by atoms with Crippen molar-refractivity contribution in [1.82, 2.24) is 4.72 Å². The molecule has 0 unspecified atom stereocenters. The van der Waals surface area contributed by atoms with Crippen LogP contribution >= 0.6 is 11.3 Å². The van der Waals surface area contributed by atoms with Gasteiger partial charge in [0.25, 0.3) is 5.91 Å². The molecule has 0 bridgehead atoms. The third kappa shape index (κ3) is 4.65. The highest BCUT2D eigenvalue weighted by Gasteiger charge is 2.18. The van der Waals surface area contributed by atoms with Crippen LogP contribution in [0.2, 0.25) is 0 Å². The molecular formula is C16H18N2O5S2. The van der Waals surface area contributed by atoms with Crippen molar-refractivity contribution in [3.63, 3.8) is 0 Å². The Hall–Kier alpha value is -2.23. The number of rotatable bonds is 6. The normalized spacial score (nSPS) is 11.4. The van der Waals surface area contributed by atoms with Gasteiger partial charge in [-0.25, -0.2) is 17.9 Å². The molecule has 0 fully saturated rings. The molecule has 0 saturated heterocycles. The molecule has 1 aromatic heterocycles. The van der Waals surface area contributed by atoms with Crippen LogP contribution in [0.1, 0.15) is 33.9 Å². The molecule has 0 aliphatic rings. The van der Waals surface area contributed by atoms with Crippen LogP contribution < -0.4 is 10.0 Å². The maximum absolute atomic E-state index is 12.3. The quantitative estimate of drug-likeness (QED) is 0.748. The van der Waals surface area contributed by atoms with E-state index in [1.54, 1.807) is 25.3 Å². The predicted octanol–water partition coefficient (Wildman–Crippen LogP) is 2.47. The molecule has 25 heavy (non-hydrogen) atoms. The summed E-state index contributed by atoms with van der Waals surface area (Å²) in [5, 5.41) is 4.28. The van der Waals surface area contributed by atoms with E-state index in [2.05, 4.69) is 14.8 Å². The van der Waals surface area contributed by atoms with Crippen molar-refractivity contribution in [1.29, 1.82) is 0 Å². The van der Waals surface area contributed by atoms with Gasteiger partial charge in [-0.1, -0.05) is 0 Å². The minimum atomic E-state index is -3.61. The lowest BCUT2D eigenvalue weighted by atomic mass is 10.2. The molecule has 0 saturated carbocycles. The third-order valence-electron chi connectivity index (χ3n) is 3.10. The van der Waals surface area contributed by atoms with E-state index in [4.69, 9.17) is 0 Å². The van der Waals surface area contributed by atoms with Crippen LogP contribution in [0.3, 0.4) is 0 Å². The number of thiophene rings is 1. The molecule has 0 aliphatic carbocycles. The van der Waals surface area contributed by atoms with Crippen molar-refractivity contribution in [3.05, 3.63) is 46.2 Å². The predicted molar refractivity (Wildman–Crippen MR) is 95.5 cm³/mol. The number of carbonyl (C=O) groups is 2. The number of benzene rings is 1. The topological polar surface area (TPSA) is 102 Å². The van der Waals surface area contributed by atoms with E-state index in [9.17, 15) is 18.0 Å². The van der Waals surface area contributed by atoms with Gasteiger partial charge < -0.3 is 10.1 Å². The number of hydrogen-bond acceptors (Lipinski definition) is 6. The molecule has 7 nitrogen and oxygen atoms in total. The summed E-state index contributed by atoms with van der Waals surface area (Å²) < 4.78 is 31.3. The van der Waals surface area contributed by atoms with Crippen LogP contribution in [-0.2, 0) is 14.8 Å². The Balaban J connectivity index is 2.17. The maximum atomic E-state index is 12.3. The average Bonchev–Trinajstić information content (AvgIpc) is 3.01. The first kappa shape index (κ1) is 19.1. The van der Waals surface area contributed by atoms with E-state index < -0.39 is 21.9 Å². The van der Waals surface area contributed by atoms with Crippen molar-refractivity contribution in [2.24, 2.45) is 0 Å². The smallest absolute Gasteiger partial charge is 0.350 e. The van der Waals surface area contributed by atoms with Gasteiger partial charge in [-0.15, -0.1) is 11.3 Å². The monoisotopic (exact) mass is 382 g/mol. The summed E-state index contributed by atoms with van der Waals surface area (Å²) in [5.74, 6) is -0.990. The number of esters is 1. The van der Waals surface area contributed by atoms with Gasteiger partial charge in [-0.3, -0.25) is 4.79 Å². The van der Waals surface area contributed by atoms with Gasteiger partial charge in [-0.05, 0) is 49.6 Å². The second kappa shape index (κ2) is 7.77. The number of carbonyl (C=O) groups excluding carboxylic acids is 2. The molecule has 0 atom stereocenters. The number of hydrogen-bond donors (Lipinski definition) is 2. The molecule has 0 radical (unpaired) electrons. The van der Waals surface area contributed by atoms with Crippen LogP contribution in [0.4, 0.5) is 5.69 Å². The molecule has 1 heterocycles. The summed E-state index contributed by atoms with van der Waals surface area (Å²) in [4.78, 5) is 24.3. The summed E-state index contributed by atoms with van der Waals surface area (Å²) in [6, 6.07) is 6.90. The van der Waals surface area contributed by atoms with E-state index in [0.29, 0.717) is 5.69 Å². The first-order valence-electron chi connectivity index (χ1n) is 7.34. The van der Waals surface area contributed by atoms with Crippen molar-refractivity contribution in [3.8, 4) is 0 Å². The van der Waals surface area contributed by atoms with Crippen LogP contribution in [0.25, 0.3) is 0 Å². The molecule has 1 aromatic carbocycles. The summed E-state index contributed by atoms with van der Waals surface area (Å²) >= 11 is 1.15. The Bertz CT molecular complexity index is 870.